The van der Waals surface area contributed by atoms with Crippen LogP contribution in [0.3, 0.4) is 0 Å². The van der Waals surface area contributed by atoms with Crippen molar-refractivity contribution in [3.8, 4) is 0 Å². The molecule has 0 aliphatic carbocycles. The third-order valence-corrected chi connectivity index (χ3v) is 3.51. The SMILES string of the molecule is O=C1N[C@H](c2ccccc2)[C@H](O)N1Cc1ccccc1. The van der Waals surface area contributed by atoms with Crippen LogP contribution < -0.4 is 5.32 Å². The van der Waals surface area contributed by atoms with Gasteiger partial charge in [-0.05, 0) is 11.1 Å². The molecular formula is C16H16N2O2. The molecule has 102 valence electrons. The van der Waals surface area contributed by atoms with Crippen molar-refractivity contribution >= 4 is 6.03 Å². The summed E-state index contributed by atoms with van der Waals surface area (Å²) in [5.41, 5.74) is 1.90. The fourth-order valence-electron chi connectivity index (χ4n) is 2.45. The Morgan fingerprint density at radius 2 is 1.60 bits per heavy atom. The molecule has 2 aromatic carbocycles. The Kier molecular flexibility index (Phi) is 3.39. The van der Waals surface area contributed by atoms with Crippen molar-refractivity contribution in [2.75, 3.05) is 0 Å². The Morgan fingerprint density at radius 3 is 2.25 bits per heavy atom. The summed E-state index contributed by atoms with van der Waals surface area (Å²) in [6.45, 7) is 0.400. The number of aliphatic hydroxyl groups excluding tert-OH is 1. The minimum atomic E-state index is -0.856. The van der Waals surface area contributed by atoms with Crippen LogP contribution >= 0.6 is 0 Å². The Morgan fingerprint density at radius 1 is 1.00 bits per heavy atom. The van der Waals surface area contributed by atoms with Gasteiger partial charge in [-0.1, -0.05) is 60.7 Å². The second-order valence-corrected chi connectivity index (χ2v) is 4.86. The highest BCUT2D eigenvalue weighted by atomic mass is 16.3. The molecule has 1 aliphatic heterocycles. The lowest BCUT2D eigenvalue weighted by Crippen LogP contribution is -2.33. The summed E-state index contributed by atoms with van der Waals surface area (Å²) in [6.07, 6.45) is -0.856. The molecule has 2 amide bonds. The molecule has 4 heteroatoms. The van der Waals surface area contributed by atoms with Gasteiger partial charge in [0.2, 0.25) is 0 Å². The van der Waals surface area contributed by atoms with Gasteiger partial charge in [0, 0.05) is 0 Å². The molecule has 3 rings (SSSR count). The van der Waals surface area contributed by atoms with Crippen LogP contribution in [0.1, 0.15) is 17.2 Å². The first kappa shape index (κ1) is 12.7. The molecule has 1 fully saturated rings. The average molecular weight is 268 g/mol. The van der Waals surface area contributed by atoms with Crippen molar-refractivity contribution in [1.82, 2.24) is 10.2 Å². The molecule has 0 unspecified atom stereocenters. The highest BCUT2D eigenvalue weighted by Gasteiger charge is 2.38. The van der Waals surface area contributed by atoms with Gasteiger partial charge in [0.15, 0.2) is 6.23 Å². The molecular weight excluding hydrogens is 252 g/mol. The van der Waals surface area contributed by atoms with E-state index in [1.54, 1.807) is 0 Å². The highest BCUT2D eigenvalue weighted by molar-refractivity contribution is 5.77. The summed E-state index contributed by atoms with van der Waals surface area (Å²) < 4.78 is 0. The zero-order chi connectivity index (χ0) is 13.9. The monoisotopic (exact) mass is 268 g/mol. The van der Waals surface area contributed by atoms with Crippen molar-refractivity contribution in [2.45, 2.75) is 18.8 Å². The van der Waals surface area contributed by atoms with E-state index in [9.17, 15) is 9.90 Å². The number of amides is 2. The molecule has 0 radical (unpaired) electrons. The van der Waals surface area contributed by atoms with Crippen LogP contribution in [0.15, 0.2) is 60.7 Å². The van der Waals surface area contributed by atoms with Crippen LogP contribution in [0.5, 0.6) is 0 Å². The molecule has 0 spiro atoms. The Bertz CT molecular complexity index is 586. The van der Waals surface area contributed by atoms with E-state index in [-0.39, 0.29) is 12.1 Å². The van der Waals surface area contributed by atoms with Crippen molar-refractivity contribution in [3.63, 3.8) is 0 Å². The molecule has 1 saturated heterocycles. The van der Waals surface area contributed by atoms with Gasteiger partial charge in [0.05, 0.1) is 6.54 Å². The first-order chi connectivity index (χ1) is 9.75. The molecule has 4 nitrogen and oxygen atoms in total. The lowest BCUT2D eigenvalue weighted by atomic mass is 10.1. The zero-order valence-corrected chi connectivity index (χ0v) is 10.9. The van der Waals surface area contributed by atoms with Crippen LogP contribution in [0.2, 0.25) is 0 Å². The van der Waals surface area contributed by atoms with Crippen LogP contribution in [0.4, 0.5) is 4.79 Å². The minimum Gasteiger partial charge on any atom is -0.371 e. The van der Waals surface area contributed by atoms with Gasteiger partial charge in [-0.15, -0.1) is 0 Å². The van der Waals surface area contributed by atoms with E-state index < -0.39 is 6.23 Å². The van der Waals surface area contributed by atoms with E-state index in [2.05, 4.69) is 5.32 Å². The maximum Gasteiger partial charge on any atom is 0.320 e. The number of nitrogens with one attached hydrogen (secondary N) is 1. The number of aliphatic hydroxyl groups is 1. The van der Waals surface area contributed by atoms with Gasteiger partial charge in [-0.2, -0.15) is 0 Å². The van der Waals surface area contributed by atoms with E-state index in [4.69, 9.17) is 0 Å². The average Bonchev–Trinajstić information content (AvgIpc) is 2.77. The number of rotatable bonds is 3. The summed E-state index contributed by atoms with van der Waals surface area (Å²) in [5, 5.41) is 13.2. The third-order valence-electron chi connectivity index (χ3n) is 3.51. The number of carbonyl (C=O) groups is 1. The van der Waals surface area contributed by atoms with Gasteiger partial charge >= 0.3 is 6.03 Å². The molecule has 0 saturated carbocycles. The summed E-state index contributed by atoms with van der Waals surface area (Å²) in [7, 11) is 0. The van der Waals surface area contributed by atoms with Crippen molar-refractivity contribution < 1.29 is 9.90 Å². The van der Waals surface area contributed by atoms with Crippen molar-refractivity contribution in [1.29, 1.82) is 0 Å². The van der Waals surface area contributed by atoms with Gasteiger partial charge in [0.1, 0.15) is 6.04 Å². The number of carbonyl (C=O) groups excluding carboxylic acids is 1. The number of benzene rings is 2. The molecule has 1 aliphatic rings. The fourth-order valence-corrected chi connectivity index (χ4v) is 2.45. The van der Waals surface area contributed by atoms with E-state index in [0.29, 0.717) is 6.54 Å². The first-order valence-corrected chi connectivity index (χ1v) is 6.60. The Labute approximate surface area is 117 Å². The van der Waals surface area contributed by atoms with E-state index >= 15 is 0 Å². The van der Waals surface area contributed by atoms with Crippen LogP contribution in [-0.4, -0.2) is 22.3 Å². The smallest absolute Gasteiger partial charge is 0.320 e. The Hall–Kier alpha value is -2.33. The number of nitrogens with zero attached hydrogens (tertiary/aromatic N) is 1. The fraction of sp³-hybridized carbons (Fsp3) is 0.188. The number of hydrogen-bond donors (Lipinski definition) is 2. The summed E-state index contributed by atoms with van der Waals surface area (Å²) in [4.78, 5) is 13.5. The Balaban J connectivity index is 1.79. The van der Waals surface area contributed by atoms with Crippen LogP contribution in [0, 0.1) is 0 Å². The summed E-state index contributed by atoms with van der Waals surface area (Å²) in [5.74, 6) is 0. The zero-order valence-electron chi connectivity index (χ0n) is 10.9. The normalized spacial score (nSPS) is 21.9. The molecule has 20 heavy (non-hydrogen) atoms. The van der Waals surface area contributed by atoms with Gasteiger partial charge in [-0.25, -0.2) is 4.79 Å². The number of hydrogen-bond acceptors (Lipinski definition) is 2. The van der Waals surface area contributed by atoms with Crippen molar-refractivity contribution in [2.24, 2.45) is 0 Å². The van der Waals surface area contributed by atoms with Crippen molar-refractivity contribution in [3.05, 3.63) is 71.8 Å². The van der Waals surface area contributed by atoms with E-state index in [1.165, 1.54) is 4.90 Å². The van der Waals surface area contributed by atoms with Crippen LogP contribution in [0.25, 0.3) is 0 Å². The topological polar surface area (TPSA) is 52.6 Å². The minimum absolute atomic E-state index is 0.241. The molecule has 2 aromatic rings. The van der Waals surface area contributed by atoms with Crippen LogP contribution in [-0.2, 0) is 6.54 Å². The summed E-state index contributed by atoms with van der Waals surface area (Å²) >= 11 is 0. The standard InChI is InChI=1S/C16H16N2O2/c19-15-14(13-9-5-2-6-10-13)17-16(20)18(15)11-12-7-3-1-4-8-12/h1-10,14-15,19H,11H2,(H,17,20)/t14-,15+/m1/s1. The van der Waals surface area contributed by atoms with E-state index in [0.717, 1.165) is 11.1 Å². The molecule has 2 N–H and O–H groups in total. The van der Waals surface area contributed by atoms with Gasteiger partial charge in [-0.3, -0.25) is 4.90 Å². The molecule has 1 heterocycles. The quantitative estimate of drug-likeness (QED) is 0.897. The first-order valence-electron chi connectivity index (χ1n) is 6.60. The largest absolute Gasteiger partial charge is 0.371 e. The maximum atomic E-state index is 12.0. The molecule has 0 aromatic heterocycles. The lowest BCUT2D eigenvalue weighted by molar-refractivity contribution is 0.0366. The van der Waals surface area contributed by atoms with Gasteiger partial charge in [0.25, 0.3) is 0 Å². The third kappa shape index (κ3) is 2.38. The lowest BCUT2D eigenvalue weighted by Gasteiger charge is -2.21. The second-order valence-electron chi connectivity index (χ2n) is 4.86. The molecule has 0 bridgehead atoms. The van der Waals surface area contributed by atoms with Gasteiger partial charge < -0.3 is 10.4 Å². The number of urea groups is 1. The predicted molar refractivity (Wildman–Crippen MR) is 75.7 cm³/mol. The maximum absolute atomic E-state index is 12.0. The highest BCUT2D eigenvalue weighted by Crippen LogP contribution is 2.26. The predicted octanol–water partition coefficient (Wildman–Crippen LogP) is 2.27. The van der Waals surface area contributed by atoms with E-state index in [1.807, 2.05) is 60.7 Å². The molecule has 2 atom stereocenters. The second kappa shape index (κ2) is 5.35. The summed E-state index contributed by atoms with van der Waals surface area (Å²) in [6, 6.07) is 18.5.